The molecule has 144 valence electrons. The van der Waals surface area contributed by atoms with Gasteiger partial charge < -0.3 is 10.2 Å². The van der Waals surface area contributed by atoms with Gasteiger partial charge in [0.2, 0.25) is 0 Å². The first-order valence-corrected chi connectivity index (χ1v) is 9.99. The number of amides is 1. The summed E-state index contributed by atoms with van der Waals surface area (Å²) in [6, 6.07) is 1.91. The van der Waals surface area contributed by atoms with Gasteiger partial charge in [-0.25, -0.2) is 9.97 Å². The van der Waals surface area contributed by atoms with Gasteiger partial charge >= 0.3 is 0 Å². The van der Waals surface area contributed by atoms with Crippen LogP contribution >= 0.6 is 0 Å². The van der Waals surface area contributed by atoms with Crippen molar-refractivity contribution in [3.8, 4) is 0 Å². The van der Waals surface area contributed by atoms with Crippen LogP contribution in [-0.4, -0.2) is 50.7 Å². The first-order chi connectivity index (χ1) is 13.1. The molecule has 0 spiro atoms. The maximum Gasteiger partial charge on any atom is 0.271 e. The number of nitrogens with zero attached hydrogens (tertiary/aromatic N) is 5. The normalized spacial score (nSPS) is 17.1. The number of aryl methyl sites for hydroxylation is 3. The summed E-state index contributed by atoms with van der Waals surface area (Å²) in [6.45, 7) is 5.37. The number of hydrogen-bond acceptors (Lipinski definition) is 5. The maximum absolute atomic E-state index is 12.5. The van der Waals surface area contributed by atoms with E-state index in [4.69, 9.17) is 4.98 Å². The van der Waals surface area contributed by atoms with Gasteiger partial charge in [0, 0.05) is 44.0 Å². The molecule has 0 saturated carbocycles. The molecule has 0 bridgehead atoms. The molecule has 3 heterocycles. The first-order valence-electron chi connectivity index (χ1n) is 9.99. The quantitative estimate of drug-likeness (QED) is 0.888. The van der Waals surface area contributed by atoms with E-state index in [0.717, 1.165) is 56.1 Å². The Morgan fingerprint density at radius 1 is 1.19 bits per heavy atom. The monoisotopic (exact) mass is 368 g/mol. The predicted octanol–water partition coefficient (Wildman–Crippen LogP) is 1.67. The van der Waals surface area contributed by atoms with Crippen molar-refractivity contribution in [2.75, 3.05) is 20.1 Å². The van der Waals surface area contributed by atoms with Gasteiger partial charge in [-0.3, -0.25) is 9.48 Å². The van der Waals surface area contributed by atoms with E-state index in [0.29, 0.717) is 18.7 Å². The first kappa shape index (κ1) is 18.1. The van der Waals surface area contributed by atoms with Crippen molar-refractivity contribution in [2.45, 2.75) is 58.5 Å². The summed E-state index contributed by atoms with van der Waals surface area (Å²) in [4.78, 5) is 24.1. The third-order valence-electron chi connectivity index (χ3n) is 5.51. The summed E-state index contributed by atoms with van der Waals surface area (Å²) >= 11 is 0. The second-order valence-electron chi connectivity index (χ2n) is 7.70. The third kappa shape index (κ3) is 4.03. The summed E-state index contributed by atoms with van der Waals surface area (Å²) in [5.41, 5.74) is 5.25. The molecule has 4 rings (SSSR count). The molecule has 27 heavy (non-hydrogen) atoms. The molecule has 1 aliphatic carbocycles. The van der Waals surface area contributed by atoms with Gasteiger partial charge in [0.1, 0.15) is 11.5 Å². The van der Waals surface area contributed by atoms with Crippen LogP contribution in [0.25, 0.3) is 0 Å². The van der Waals surface area contributed by atoms with E-state index >= 15 is 0 Å². The topological polar surface area (TPSA) is 75.9 Å². The molecule has 0 saturated heterocycles. The zero-order valence-corrected chi connectivity index (χ0v) is 16.3. The van der Waals surface area contributed by atoms with Gasteiger partial charge in [-0.15, -0.1) is 0 Å². The average molecular weight is 368 g/mol. The Hall–Kier alpha value is -2.28. The minimum absolute atomic E-state index is 0.118. The highest BCUT2D eigenvalue weighted by Gasteiger charge is 2.18. The SMILES string of the molecule is Cc1nc(CCNC(=O)c2cc3n(n2)CCCN(C)C3)nc2c1CCCC2. The Morgan fingerprint density at radius 3 is 2.93 bits per heavy atom. The lowest BCUT2D eigenvalue weighted by Crippen LogP contribution is -2.27. The second-order valence-corrected chi connectivity index (χ2v) is 7.70. The molecule has 7 heteroatoms. The molecular formula is C20H28N6O. The van der Waals surface area contributed by atoms with Gasteiger partial charge in [0.05, 0.1) is 5.69 Å². The predicted molar refractivity (Wildman–Crippen MR) is 103 cm³/mol. The molecule has 1 amide bonds. The Bertz CT molecular complexity index is 843. The van der Waals surface area contributed by atoms with Crippen molar-refractivity contribution in [1.82, 2.24) is 30.0 Å². The fraction of sp³-hybridized carbons (Fsp3) is 0.600. The highest BCUT2D eigenvalue weighted by atomic mass is 16.1. The molecule has 0 aromatic carbocycles. The van der Waals surface area contributed by atoms with E-state index in [9.17, 15) is 4.79 Å². The smallest absolute Gasteiger partial charge is 0.271 e. The molecule has 2 aliphatic rings. The minimum Gasteiger partial charge on any atom is -0.350 e. The molecule has 1 N–H and O–H groups in total. The summed E-state index contributed by atoms with van der Waals surface area (Å²) in [7, 11) is 2.10. The van der Waals surface area contributed by atoms with Crippen molar-refractivity contribution in [1.29, 1.82) is 0 Å². The summed E-state index contributed by atoms with van der Waals surface area (Å²) in [6.07, 6.45) is 6.29. The van der Waals surface area contributed by atoms with Crippen molar-refractivity contribution in [3.05, 3.63) is 40.2 Å². The van der Waals surface area contributed by atoms with Crippen LogP contribution in [0.2, 0.25) is 0 Å². The van der Waals surface area contributed by atoms with Crippen LogP contribution in [0.3, 0.4) is 0 Å². The van der Waals surface area contributed by atoms with E-state index in [1.165, 1.54) is 24.1 Å². The number of carbonyl (C=O) groups is 1. The number of aromatic nitrogens is 4. The highest BCUT2D eigenvalue weighted by Crippen LogP contribution is 2.21. The zero-order chi connectivity index (χ0) is 18.8. The molecule has 1 aliphatic heterocycles. The average Bonchev–Trinajstić information content (AvgIpc) is 2.96. The Morgan fingerprint density at radius 2 is 2.04 bits per heavy atom. The lowest BCUT2D eigenvalue weighted by Gasteiger charge is -2.17. The molecule has 2 aromatic heterocycles. The van der Waals surface area contributed by atoms with Crippen LogP contribution in [0.15, 0.2) is 6.07 Å². The van der Waals surface area contributed by atoms with E-state index in [-0.39, 0.29) is 5.91 Å². The Kier molecular flexibility index (Phi) is 5.20. The fourth-order valence-corrected chi connectivity index (χ4v) is 4.07. The van der Waals surface area contributed by atoms with Gasteiger partial charge in [0.25, 0.3) is 5.91 Å². The number of fused-ring (bicyclic) bond motifs is 2. The van der Waals surface area contributed by atoms with Crippen molar-refractivity contribution >= 4 is 5.91 Å². The Balaban J connectivity index is 1.36. The van der Waals surface area contributed by atoms with Crippen molar-refractivity contribution < 1.29 is 4.79 Å². The van der Waals surface area contributed by atoms with Crippen LogP contribution < -0.4 is 5.32 Å². The number of carbonyl (C=O) groups excluding carboxylic acids is 1. The fourth-order valence-electron chi connectivity index (χ4n) is 4.07. The van der Waals surface area contributed by atoms with E-state index in [2.05, 4.69) is 34.3 Å². The lowest BCUT2D eigenvalue weighted by atomic mass is 9.95. The molecular weight excluding hydrogens is 340 g/mol. The van der Waals surface area contributed by atoms with Crippen LogP contribution in [0, 0.1) is 6.92 Å². The van der Waals surface area contributed by atoms with Gasteiger partial charge in [-0.2, -0.15) is 5.10 Å². The van der Waals surface area contributed by atoms with Crippen LogP contribution in [0.5, 0.6) is 0 Å². The molecule has 7 nitrogen and oxygen atoms in total. The van der Waals surface area contributed by atoms with E-state index in [1.807, 2.05) is 10.7 Å². The van der Waals surface area contributed by atoms with Crippen molar-refractivity contribution in [3.63, 3.8) is 0 Å². The number of hydrogen-bond donors (Lipinski definition) is 1. The molecule has 2 aromatic rings. The van der Waals surface area contributed by atoms with Crippen LogP contribution in [0.4, 0.5) is 0 Å². The lowest BCUT2D eigenvalue weighted by molar-refractivity contribution is 0.0948. The third-order valence-corrected chi connectivity index (χ3v) is 5.51. The van der Waals surface area contributed by atoms with Crippen LogP contribution in [-0.2, 0) is 32.4 Å². The van der Waals surface area contributed by atoms with Crippen LogP contribution in [0.1, 0.15) is 58.2 Å². The minimum atomic E-state index is -0.118. The maximum atomic E-state index is 12.5. The largest absolute Gasteiger partial charge is 0.350 e. The van der Waals surface area contributed by atoms with E-state index < -0.39 is 0 Å². The molecule has 0 atom stereocenters. The summed E-state index contributed by atoms with van der Waals surface area (Å²) in [5.74, 6) is 0.712. The number of rotatable bonds is 4. The molecule has 0 radical (unpaired) electrons. The summed E-state index contributed by atoms with van der Waals surface area (Å²) in [5, 5.41) is 7.46. The van der Waals surface area contributed by atoms with Gasteiger partial charge in [-0.05, 0) is 57.7 Å². The Labute approximate surface area is 160 Å². The molecule has 0 unspecified atom stereocenters. The van der Waals surface area contributed by atoms with E-state index in [1.54, 1.807) is 0 Å². The van der Waals surface area contributed by atoms with Gasteiger partial charge in [0.15, 0.2) is 0 Å². The van der Waals surface area contributed by atoms with Gasteiger partial charge in [-0.1, -0.05) is 0 Å². The highest BCUT2D eigenvalue weighted by molar-refractivity contribution is 5.92. The zero-order valence-electron chi connectivity index (χ0n) is 16.3. The standard InChI is InChI=1S/C20H28N6O/c1-14-16-6-3-4-7-17(16)23-19(22-14)8-9-21-20(27)18-12-15-13-25(2)10-5-11-26(15)24-18/h12H,3-11,13H2,1-2H3,(H,21,27). The number of nitrogens with one attached hydrogen (secondary N) is 1. The molecule has 0 fully saturated rings. The second kappa shape index (κ2) is 7.76. The summed E-state index contributed by atoms with van der Waals surface area (Å²) < 4.78 is 1.97. The van der Waals surface area contributed by atoms with Crippen molar-refractivity contribution in [2.24, 2.45) is 0 Å².